The molecule has 0 radical (unpaired) electrons. The third kappa shape index (κ3) is 4.17. The Kier molecular flexibility index (Phi) is 6.00. The molecule has 1 aliphatic heterocycles. The summed E-state index contributed by atoms with van der Waals surface area (Å²) in [5.74, 6) is -2.62. The molecule has 0 saturated carbocycles. The molecule has 2 aromatic carbocycles. The summed E-state index contributed by atoms with van der Waals surface area (Å²) >= 11 is 0. The van der Waals surface area contributed by atoms with Crippen molar-refractivity contribution in [2.45, 2.75) is 38.0 Å². The molecule has 1 aliphatic rings. The minimum absolute atomic E-state index is 0.00643. The summed E-state index contributed by atoms with van der Waals surface area (Å²) in [6, 6.07) is 14.2. The Morgan fingerprint density at radius 3 is 2.19 bits per heavy atom. The number of nitrogens with one attached hydrogen (secondary N) is 1. The number of aliphatic imine (C=N–C) groups is 1. The molecule has 168 valence electrons. The smallest absolute Gasteiger partial charge is 0.312 e. The van der Waals surface area contributed by atoms with Gasteiger partial charge in [-0.05, 0) is 23.1 Å². The molecule has 1 heterocycles. The van der Waals surface area contributed by atoms with Crippen LogP contribution < -0.4 is 5.32 Å². The van der Waals surface area contributed by atoms with E-state index in [0.717, 1.165) is 10.5 Å². The largest absolute Gasteiger partial charge is 0.442 e. The Bertz CT molecular complexity index is 1050. The molecule has 5 nitrogen and oxygen atoms in total. The highest BCUT2D eigenvalue weighted by molar-refractivity contribution is 6.16. The number of amidine groups is 1. The number of carbonyl (C=O) groups is 2. The fraction of sp³-hybridized carbons (Fsp3) is 0.292. The first-order valence-corrected chi connectivity index (χ1v) is 9.98. The number of benzene rings is 2. The minimum atomic E-state index is -5.17. The summed E-state index contributed by atoms with van der Waals surface area (Å²) in [5.41, 5.74) is -2.39. The summed E-state index contributed by atoms with van der Waals surface area (Å²) < 4.78 is 42.8. The Morgan fingerprint density at radius 2 is 1.69 bits per heavy atom. The van der Waals surface area contributed by atoms with E-state index in [1.165, 1.54) is 18.2 Å². The van der Waals surface area contributed by atoms with Gasteiger partial charge in [0.25, 0.3) is 11.8 Å². The van der Waals surface area contributed by atoms with E-state index >= 15 is 0 Å². The topological polar surface area (TPSA) is 61.8 Å². The third-order valence-corrected chi connectivity index (χ3v) is 5.15. The van der Waals surface area contributed by atoms with Gasteiger partial charge in [-0.25, -0.2) is 4.99 Å². The van der Waals surface area contributed by atoms with Gasteiger partial charge in [-0.3, -0.25) is 14.5 Å². The van der Waals surface area contributed by atoms with Crippen molar-refractivity contribution in [3.63, 3.8) is 0 Å². The second kappa shape index (κ2) is 8.26. The van der Waals surface area contributed by atoms with Gasteiger partial charge in [0.1, 0.15) is 5.84 Å². The van der Waals surface area contributed by atoms with Gasteiger partial charge in [0, 0.05) is 17.7 Å². The predicted octanol–water partition coefficient (Wildman–Crippen LogP) is 4.45. The average molecular weight is 443 g/mol. The quantitative estimate of drug-likeness (QED) is 0.695. The zero-order valence-corrected chi connectivity index (χ0v) is 18.0. The van der Waals surface area contributed by atoms with Crippen molar-refractivity contribution >= 4 is 17.6 Å². The van der Waals surface area contributed by atoms with Crippen molar-refractivity contribution < 1.29 is 22.8 Å². The van der Waals surface area contributed by atoms with Gasteiger partial charge in [0.05, 0.1) is 0 Å². The van der Waals surface area contributed by atoms with Gasteiger partial charge in [0.2, 0.25) is 0 Å². The molecule has 32 heavy (non-hydrogen) atoms. The molecule has 1 unspecified atom stereocenters. The maximum atomic E-state index is 14.3. The lowest BCUT2D eigenvalue weighted by atomic mass is 9.86. The number of hydrogen-bond acceptors (Lipinski definition) is 3. The second-order valence-electron chi connectivity index (χ2n) is 8.50. The van der Waals surface area contributed by atoms with Crippen molar-refractivity contribution in [3.05, 3.63) is 83.9 Å². The minimum Gasteiger partial charge on any atom is -0.312 e. The predicted molar refractivity (Wildman–Crippen MR) is 116 cm³/mol. The van der Waals surface area contributed by atoms with Crippen molar-refractivity contribution in [2.24, 2.45) is 4.99 Å². The molecular formula is C24H24F3N3O2. The second-order valence-corrected chi connectivity index (χ2v) is 8.50. The summed E-state index contributed by atoms with van der Waals surface area (Å²) in [5, 5.41) is 1.87. The summed E-state index contributed by atoms with van der Waals surface area (Å²) in [6.45, 7) is 9.26. The van der Waals surface area contributed by atoms with Gasteiger partial charge < -0.3 is 5.32 Å². The fourth-order valence-electron chi connectivity index (χ4n) is 3.36. The number of amides is 2. The van der Waals surface area contributed by atoms with Crippen LogP contribution in [0.15, 0.2) is 72.2 Å². The Balaban J connectivity index is 2.04. The lowest BCUT2D eigenvalue weighted by Crippen LogP contribution is -2.63. The average Bonchev–Trinajstić information content (AvgIpc) is 3.01. The van der Waals surface area contributed by atoms with E-state index < -0.39 is 23.7 Å². The third-order valence-electron chi connectivity index (χ3n) is 5.15. The van der Waals surface area contributed by atoms with Gasteiger partial charge >= 0.3 is 11.8 Å². The van der Waals surface area contributed by atoms with Crippen molar-refractivity contribution in [2.75, 3.05) is 6.54 Å². The Labute approximate surface area is 184 Å². The van der Waals surface area contributed by atoms with Crippen LogP contribution in [0.3, 0.4) is 0 Å². The van der Waals surface area contributed by atoms with E-state index in [0.29, 0.717) is 5.56 Å². The number of rotatable bonds is 5. The summed E-state index contributed by atoms with van der Waals surface area (Å²) in [7, 11) is 0. The zero-order valence-electron chi connectivity index (χ0n) is 18.0. The van der Waals surface area contributed by atoms with Crippen LogP contribution in [0.4, 0.5) is 13.2 Å². The van der Waals surface area contributed by atoms with Gasteiger partial charge in [-0.1, -0.05) is 69.3 Å². The normalized spacial score (nSPS) is 19.0. The molecule has 1 atom stereocenters. The molecule has 0 saturated heterocycles. The molecule has 8 heteroatoms. The van der Waals surface area contributed by atoms with E-state index in [-0.39, 0.29) is 23.4 Å². The first kappa shape index (κ1) is 23.2. The van der Waals surface area contributed by atoms with E-state index in [1.807, 2.05) is 26.1 Å². The molecule has 0 aromatic heterocycles. The van der Waals surface area contributed by atoms with E-state index in [4.69, 9.17) is 0 Å². The van der Waals surface area contributed by atoms with Gasteiger partial charge in [-0.15, -0.1) is 6.58 Å². The summed E-state index contributed by atoms with van der Waals surface area (Å²) in [4.78, 5) is 30.5. The molecular weight excluding hydrogens is 419 g/mol. The highest BCUT2D eigenvalue weighted by Gasteiger charge is 2.67. The number of carbonyl (C=O) groups excluding carboxylic acids is 2. The van der Waals surface area contributed by atoms with Crippen molar-refractivity contribution in [1.82, 2.24) is 10.2 Å². The maximum Gasteiger partial charge on any atom is 0.442 e. The number of alkyl halides is 3. The molecule has 0 fully saturated rings. The lowest BCUT2D eigenvalue weighted by Gasteiger charge is -2.29. The van der Waals surface area contributed by atoms with Crippen LogP contribution in [0.2, 0.25) is 0 Å². The SMILES string of the molecule is C=CCN1C(=O)C(NC(=O)c2ccc(C(C)(C)C)cc2)(C(F)(F)F)N=C1c1ccccc1. The number of nitrogens with zero attached hydrogens (tertiary/aromatic N) is 2. The van der Waals surface area contributed by atoms with Gasteiger partial charge in [-0.2, -0.15) is 13.2 Å². The molecule has 2 aromatic rings. The molecule has 0 spiro atoms. The molecule has 0 aliphatic carbocycles. The van der Waals surface area contributed by atoms with Crippen LogP contribution in [-0.2, 0) is 10.2 Å². The van der Waals surface area contributed by atoms with Crippen LogP contribution in [0.1, 0.15) is 42.3 Å². The van der Waals surface area contributed by atoms with Crippen LogP contribution >= 0.6 is 0 Å². The summed E-state index contributed by atoms with van der Waals surface area (Å²) in [6.07, 6.45) is -3.86. The van der Waals surface area contributed by atoms with Crippen LogP contribution in [0.5, 0.6) is 0 Å². The van der Waals surface area contributed by atoms with E-state index in [2.05, 4.69) is 11.6 Å². The maximum absolute atomic E-state index is 14.3. The zero-order chi connectivity index (χ0) is 23.7. The van der Waals surface area contributed by atoms with Gasteiger partial charge in [0.15, 0.2) is 0 Å². The standard InChI is InChI=1S/C24H24F3N3O2/c1-5-15-30-19(16-9-7-6-8-10-16)28-23(21(30)32,24(25,26)27)29-20(31)17-11-13-18(14-12-17)22(2,3)4/h5-14H,1,15H2,2-4H3,(H,29,31). The first-order chi connectivity index (χ1) is 14.9. The van der Waals surface area contributed by atoms with Crippen molar-refractivity contribution in [1.29, 1.82) is 0 Å². The van der Waals surface area contributed by atoms with Crippen LogP contribution in [0.25, 0.3) is 0 Å². The number of halogens is 3. The van der Waals surface area contributed by atoms with Crippen molar-refractivity contribution in [3.8, 4) is 0 Å². The Hall–Kier alpha value is -3.42. The fourth-order valence-corrected chi connectivity index (χ4v) is 3.36. The molecule has 3 rings (SSSR count). The number of hydrogen-bond donors (Lipinski definition) is 1. The highest BCUT2D eigenvalue weighted by Crippen LogP contribution is 2.38. The van der Waals surface area contributed by atoms with E-state index in [9.17, 15) is 22.8 Å². The molecule has 0 bridgehead atoms. The van der Waals surface area contributed by atoms with Crippen LogP contribution in [0, 0.1) is 0 Å². The first-order valence-electron chi connectivity index (χ1n) is 9.98. The molecule has 1 N–H and O–H groups in total. The lowest BCUT2D eigenvalue weighted by molar-refractivity contribution is -0.196. The Morgan fingerprint density at radius 1 is 1.09 bits per heavy atom. The molecule has 2 amide bonds. The highest BCUT2D eigenvalue weighted by atomic mass is 19.4. The van der Waals surface area contributed by atoms with E-state index in [1.54, 1.807) is 42.5 Å². The monoisotopic (exact) mass is 443 g/mol. The van der Waals surface area contributed by atoms with Crippen LogP contribution in [-0.4, -0.2) is 40.9 Å².